The van der Waals surface area contributed by atoms with E-state index in [1.54, 1.807) is 0 Å². The minimum Gasteiger partial charge on any atom is -0.342 e. The summed E-state index contributed by atoms with van der Waals surface area (Å²) in [6, 6.07) is 0. The standard InChI is InChI=1S/C22H41N3O/c1-22(2,3)20-9-15-25(16-10-20)21(26)19-7-13-24(14-8-19)17-18-5-11-23(4)12-6-18/h18-20H,5-17H2,1-4H3. The molecule has 3 fully saturated rings. The van der Waals surface area contributed by atoms with Crippen LogP contribution in [0.2, 0.25) is 0 Å². The molecular formula is C22H41N3O. The van der Waals surface area contributed by atoms with Crippen LogP contribution in [0.5, 0.6) is 0 Å². The number of hydrogen-bond donors (Lipinski definition) is 0. The Hall–Kier alpha value is -0.610. The SMILES string of the molecule is CN1CCC(CN2CCC(C(=O)N3CCC(C(C)(C)C)CC3)CC2)CC1. The molecule has 4 nitrogen and oxygen atoms in total. The fourth-order valence-corrected chi connectivity index (χ4v) is 5.20. The normalized spacial score (nSPS) is 26.4. The van der Waals surface area contributed by atoms with E-state index in [-0.39, 0.29) is 5.92 Å². The average Bonchev–Trinajstić information content (AvgIpc) is 2.63. The van der Waals surface area contributed by atoms with Crippen molar-refractivity contribution in [2.75, 3.05) is 52.9 Å². The van der Waals surface area contributed by atoms with Gasteiger partial charge in [0.2, 0.25) is 5.91 Å². The van der Waals surface area contributed by atoms with E-state index in [0.29, 0.717) is 11.3 Å². The summed E-state index contributed by atoms with van der Waals surface area (Å²) in [5, 5.41) is 0. The first-order valence-electron chi connectivity index (χ1n) is 11.0. The van der Waals surface area contributed by atoms with E-state index in [1.165, 1.54) is 45.3 Å². The first kappa shape index (κ1) is 20.1. The van der Waals surface area contributed by atoms with Gasteiger partial charge in [-0.05, 0) is 89.0 Å². The second-order valence-electron chi connectivity index (χ2n) is 10.3. The zero-order chi connectivity index (χ0) is 18.7. The predicted molar refractivity (Wildman–Crippen MR) is 108 cm³/mol. The summed E-state index contributed by atoms with van der Waals surface area (Å²) in [4.78, 5) is 20.2. The van der Waals surface area contributed by atoms with Gasteiger partial charge >= 0.3 is 0 Å². The number of nitrogens with zero attached hydrogens (tertiary/aromatic N) is 3. The Morgan fingerprint density at radius 1 is 0.846 bits per heavy atom. The molecule has 0 bridgehead atoms. The molecule has 3 rings (SSSR count). The molecule has 3 heterocycles. The minimum atomic E-state index is 0.287. The van der Waals surface area contributed by atoms with Gasteiger partial charge in [0.1, 0.15) is 0 Å². The molecule has 0 radical (unpaired) electrons. The van der Waals surface area contributed by atoms with Crippen molar-refractivity contribution in [2.24, 2.45) is 23.2 Å². The van der Waals surface area contributed by atoms with Crippen molar-refractivity contribution in [3.05, 3.63) is 0 Å². The lowest BCUT2D eigenvalue weighted by atomic mass is 9.75. The lowest BCUT2D eigenvalue weighted by Gasteiger charge is -2.41. The van der Waals surface area contributed by atoms with Crippen LogP contribution in [-0.2, 0) is 4.79 Å². The maximum absolute atomic E-state index is 12.9. The summed E-state index contributed by atoms with van der Waals surface area (Å²) in [6.45, 7) is 15.0. The van der Waals surface area contributed by atoms with Crippen molar-refractivity contribution in [3.8, 4) is 0 Å². The van der Waals surface area contributed by atoms with Gasteiger partial charge in [0.25, 0.3) is 0 Å². The number of piperidine rings is 3. The van der Waals surface area contributed by atoms with Gasteiger partial charge < -0.3 is 14.7 Å². The third-order valence-corrected chi connectivity index (χ3v) is 7.32. The van der Waals surface area contributed by atoms with Gasteiger partial charge in [-0.1, -0.05) is 20.8 Å². The summed E-state index contributed by atoms with van der Waals surface area (Å²) in [7, 11) is 2.23. The van der Waals surface area contributed by atoms with Crippen molar-refractivity contribution < 1.29 is 4.79 Å². The van der Waals surface area contributed by atoms with Crippen molar-refractivity contribution in [1.82, 2.24) is 14.7 Å². The summed E-state index contributed by atoms with van der Waals surface area (Å²) in [5.41, 5.74) is 0.383. The van der Waals surface area contributed by atoms with Crippen molar-refractivity contribution in [1.29, 1.82) is 0 Å². The fraction of sp³-hybridized carbons (Fsp3) is 0.955. The lowest BCUT2D eigenvalue weighted by Crippen LogP contribution is -2.47. The van der Waals surface area contributed by atoms with Crippen LogP contribution in [0.4, 0.5) is 0 Å². The minimum absolute atomic E-state index is 0.287. The van der Waals surface area contributed by atoms with E-state index in [2.05, 4.69) is 42.5 Å². The quantitative estimate of drug-likeness (QED) is 0.769. The Bertz CT molecular complexity index is 448. The fourth-order valence-electron chi connectivity index (χ4n) is 5.20. The van der Waals surface area contributed by atoms with Crippen LogP contribution < -0.4 is 0 Å². The highest BCUT2D eigenvalue weighted by Gasteiger charge is 2.34. The van der Waals surface area contributed by atoms with Gasteiger partial charge in [-0.3, -0.25) is 4.79 Å². The number of hydrogen-bond acceptors (Lipinski definition) is 3. The molecule has 0 aromatic heterocycles. The van der Waals surface area contributed by atoms with Crippen molar-refractivity contribution >= 4 is 5.91 Å². The monoisotopic (exact) mass is 363 g/mol. The molecule has 0 aromatic carbocycles. The van der Waals surface area contributed by atoms with E-state index >= 15 is 0 Å². The van der Waals surface area contributed by atoms with Gasteiger partial charge in [0.05, 0.1) is 0 Å². The molecule has 0 spiro atoms. The third-order valence-electron chi connectivity index (χ3n) is 7.32. The number of carbonyl (C=O) groups excluding carboxylic acids is 1. The third kappa shape index (κ3) is 5.22. The highest BCUT2D eigenvalue weighted by Crippen LogP contribution is 2.35. The molecule has 3 aliphatic heterocycles. The Morgan fingerprint density at radius 2 is 1.42 bits per heavy atom. The van der Waals surface area contributed by atoms with Crippen molar-refractivity contribution in [2.45, 2.75) is 59.3 Å². The maximum atomic E-state index is 12.9. The molecule has 0 atom stereocenters. The first-order chi connectivity index (χ1) is 12.3. The van der Waals surface area contributed by atoms with Gasteiger partial charge in [-0.2, -0.15) is 0 Å². The molecule has 3 aliphatic rings. The van der Waals surface area contributed by atoms with Crippen LogP contribution >= 0.6 is 0 Å². The lowest BCUT2D eigenvalue weighted by molar-refractivity contribution is -0.139. The summed E-state index contributed by atoms with van der Waals surface area (Å²) in [5.74, 6) is 2.38. The highest BCUT2D eigenvalue weighted by molar-refractivity contribution is 5.79. The number of likely N-dealkylation sites (tertiary alicyclic amines) is 3. The van der Waals surface area contributed by atoms with Crippen LogP contribution in [0.25, 0.3) is 0 Å². The van der Waals surface area contributed by atoms with E-state index < -0.39 is 0 Å². The van der Waals surface area contributed by atoms with Crippen molar-refractivity contribution in [3.63, 3.8) is 0 Å². The molecule has 0 N–H and O–H groups in total. The van der Waals surface area contributed by atoms with Gasteiger partial charge in [-0.15, -0.1) is 0 Å². The highest BCUT2D eigenvalue weighted by atomic mass is 16.2. The smallest absolute Gasteiger partial charge is 0.225 e. The molecule has 1 amide bonds. The van der Waals surface area contributed by atoms with Crippen LogP contribution in [0.15, 0.2) is 0 Å². The van der Waals surface area contributed by atoms with Gasteiger partial charge in [0, 0.05) is 25.6 Å². The zero-order valence-electron chi connectivity index (χ0n) is 17.7. The topological polar surface area (TPSA) is 26.8 Å². The van der Waals surface area contributed by atoms with E-state index in [1.807, 2.05) is 0 Å². The largest absolute Gasteiger partial charge is 0.342 e. The Balaban J connectivity index is 1.39. The molecule has 4 heteroatoms. The Kier molecular flexibility index (Phi) is 6.66. The molecule has 3 saturated heterocycles. The second kappa shape index (κ2) is 8.60. The summed E-state index contributed by atoms with van der Waals surface area (Å²) < 4.78 is 0. The first-order valence-corrected chi connectivity index (χ1v) is 11.0. The second-order valence-corrected chi connectivity index (χ2v) is 10.3. The average molecular weight is 364 g/mol. The maximum Gasteiger partial charge on any atom is 0.225 e. The number of carbonyl (C=O) groups is 1. The Labute approximate surface area is 161 Å². The molecule has 26 heavy (non-hydrogen) atoms. The summed E-state index contributed by atoms with van der Waals surface area (Å²) in [6.07, 6.45) is 7.21. The van der Waals surface area contributed by atoms with E-state index in [4.69, 9.17) is 0 Å². The molecule has 0 aliphatic carbocycles. The van der Waals surface area contributed by atoms with Gasteiger partial charge in [0.15, 0.2) is 0 Å². The summed E-state index contributed by atoms with van der Waals surface area (Å²) >= 11 is 0. The molecule has 0 unspecified atom stereocenters. The van der Waals surface area contributed by atoms with Gasteiger partial charge in [-0.25, -0.2) is 0 Å². The van der Waals surface area contributed by atoms with E-state index in [9.17, 15) is 4.79 Å². The zero-order valence-corrected chi connectivity index (χ0v) is 17.7. The van der Waals surface area contributed by atoms with E-state index in [0.717, 1.165) is 50.9 Å². The van der Waals surface area contributed by atoms with Crippen LogP contribution in [0.3, 0.4) is 0 Å². The molecule has 150 valence electrons. The molecule has 0 saturated carbocycles. The number of amides is 1. The number of rotatable bonds is 3. The van der Waals surface area contributed by atoms with Crippen LogP contribution in [0, 0.1) is 23.2 Å². The Morgan fingerprint density at radius 3 is 1.96 bits per heavy atom. The van der Waals surface area contributed by atoms with Crippen LogP contribution in [-0.4, -0.2) is 73.5 Å². The predicted octanol–water partition coefficient (Wildman–Crippen LogP) is 3.32. The molecular weight excluding hydrogens is 322 g/mol. The van der Waals surface area contributed by atoms with Crippen LogP contribution in [0.1, 0.15) is 59.3 Å². The molecule has 0 aromatic rings.